The minimum absolute atomic E-state index is 0.131. The number of hydrogen-bond acceptors (Lipinski definition) is 8. The zero-order valence-electron chi connectivity index (χ0n) is 39.4. The van der Waals surface area contributed by atoms with Crippen molar-refractivity contribution in [2.45, 2.75) is 116 Å². The highest BCUT2D eigenvalue weighted by atomic mass is 32.2. The smallest absolute Gasteiger partial charge is 0.338 e. The highest BCUT2D eigenvalue weighted by molar-refractivity contribution is 7.92. The van der Waals surface area contributed by atoms with Crippen molar-refractivity contribution in [3.8, 4) is 0 Å². The first-order valence-electron chi connectivity index (χ1n) is 22.2. The summed E-state index contributed by atoms with van der Waals surface area (Å²) < 4.78 is 40.5. The average molecular weight is 925 g/mol. The maximum Gasteiger partial charge on any atom is 0.338 e. The number of hydrogen-bond donors (Lipinski definition) is 3. The maximum absolute atomic E-state index is 14.2. The van der Waals surface area contributed by atoms with Gasteiger partial charge in [0.2, 0.25) is 21.8 Å². The Morgan fingerprint density at radius 1 is 0.769 bits per heavy atom. The van der Waals surface area contributed by atoms with Crippen LogP contribution in [0.3, 0.4) is 0 Å². The van der Waals surface area contributed by atoms with E-state index in [0.29, 0.717) is 29.7 Å². The molecule has 0 aliphatic rings. The Labute approximate surface area is 387 Å². The average Bonchev–Trinajstić information content (AvgIpc) is 3.26. The van der Waals surface area contributed by atoms with Crippen LogP contribution in [0.15, 0.2) is 122 Å². The second kappa shape index (κ2) is 23.6. The maximum atomic E-state index is 14.2. The highest BCUT2D eigenvalue weighted by Gasteiger charge is 2.42. The molecule has 3 amide bonds. The van der Waals surface area contributed by atoms with Crippen molar-refractivity contribution in [3.63, 3.8) is 0 Å². The predicted octanol–water partition coefficient (Wildman–Crippen LogP) is 8.95. The van der Waals surface area contributed by atoms with Crippen LogP contribution in [0, 0.1) is 11.8 Å². The lowest BCUT2D eigenvalue weighted by Crippen LogP contribution is -2.54. The number of esters is 1. The van der Waals surface area contributed by atoms with Gasteiger partial charge in [-0.15, -0.1) is 6.58 Å². The Balaban J connectivity index is 1.47. The molecule has 0 aliphatic carbocycles. The van der Waals surface area contributed by atoms with Crippen LogP contribution >= 0.6 is 0 Å². The molecule has 0 aliphatic heterocycles. The van der Waals surface area contributed by atoms with Crippen LogP contribution < -0.4 is 20.3 Å². The van der Waals surface area contributed by atoms with Gasteiger partial charge < -0.3 is 25.1 Å². The van der Waals surface area contributed by atoms with Crippen LogP contribution in [0.2, 0.25) is 18.1 Å². The van der Waals surface area contributed by atoms with Gasteiger partial charge in [0.05, 0.1) is 29.1 Å². The van der Waals surface area contributed by atoms with Crippen molar-refractivity contribution in [2.24, 2.45) is 11.8 Å². The van der Waals surface area contributed by atoms with E-state index < -0.39 is 54.3 Å². The molecule has 0 aromatic heterocycles. The third-order valence-electron chi connectivity index (χ3n) is 11.8. The first-order valence-corrected chi connectivity index (χ1v) is 26.7. The first-order chi connectivity index (χ1) is 30.6. The largest absolute Gasteiger partial charge is 0.457 e. The third-order valence-corrected chi connectivity index (χ3v) is 18.0. The Bertz CT molecular complexity index is 2320. The molecule has 0 spiro atoms. The topological polar surface area (TPSA) is 160 Å². The van der Waals surface area contributed by atoms with Gasteiger partial charge >= 0.3 is 5.97 Å². The second-order valence-electron chi connectivity index (χ2n) is 18.5. The van der Waals surface area contributed by atoms with Gasteiger partial charge in [0, 0.05) is 25.1 Å². The van der Waals surface area contributed by atoms with Gasteiger partial charge in [-0.3, -0.25) is 18.7 Å². The van der Waals surface area contributed by atoms with Crippen molar-refractivity contribution in [1.29, 1.82) is 0 Å². The van der Waals surface area contributed by atoms with Crippen molar-refractivity contribution >= 4 is 47.7 Å². The summed E-state index contributed by atoms with van der Waals surface area (Å²) in [5.74, 6) is -2.30. The number of benzene rings is 4. The molecule has 12 nitrogen and oxygen atoms in total. The Kier molecular flexibility index (Phi) is 18.9. The van der Waals surface area contributed by atoms with Crippen LogP contribution in [-0.4, -0.2) is 65.7 Å². The van der Waals surface area contributed by atoms with Crippen LogP contribution in [0.25, 0.3) is 0 Å². The summed E-state index contributed by atoms with van der Waals surface area (Å²) in [6.07, 6.45) is 2.14. The lowest BCUT2D eigenvalue weighted by Gasteiger charge is -2.42. The van der Waals surface area contributed by atoms with Gasteiger partial charge in [0.1, 0.15) is 12.6 Å². The normalized spacial score (nSPS) is 13.8. The quantitative estimate of drug-likeness (QED) is 0.0378. The molecule has 0 saturated heterocycles. The Morgan fingerprint density at radius 3 is 1.97 bits per heavy atom. The monoisotopic (exact) mass is 924 g/mol. The van der Waals surface area contributed by atoms with Gasteiger partial charge in [-0.05, 0) is 97.3 Å². The zero-order valence-corrected chi connectivity index (χ0v) is 41.2. The van der Waals surface area contributed by atoms with E-state index in [4.69, 9.17) is 9.16 Å². The van der Waals surface area contributed by atoms with E-state index in [0.717, 1.165) is 11.1 Å². The van der Waals surface area contributed by atoms with Gasteiger partial charge in [0.15, 0.2) is 8.32 Å². The molecule has 3 N–H and O–H groups in total. The van der Waals surface area contributed by atoms with Gasteiger partial charge in [-0.1, -0.05) is 120 Å². The molecule has 14 heteroatoms. The Morgan fingerprint density at radius 2 is 1.38 bits per heavy atom. The number of anilines is 1. The first kappa shape index (κ1) is 52.1. The van der Waals surface area contributed by atoms with E-state index in [1.165, 1.54) is 11.4 Å². The SMILES string of the molecule is C=CC[C@H](C[C@H](O[Si](C)(C)C(C)(C)C)[C@H](CC(C)C)NC(=O)c1cccc(N(C)S(=O)(=O)Cc2ccccc2)c1)C(=O)N[C@@H](C)C(=O)NCc1ccc(C(=O)OCc2ccccc2)cc1. The minimum Gasteiger partial charge on any atom is -0.457 e. The lowest BCUT2D eigenvalue weighted by molar-refractivity contribution is -0.131. The van der Waals surface area contributed by atoms with Crippen LogP contribution in [0.4, 0.5) is 5.69 Å². The number of nitrogens with zero attached hydrogens (tertiary/aromatic N) is 1. The zero-order chi connectivity index (χ0) is 48.0. The van der Waals surface area contributed by atoms with E-state index in [9.17, 15) is 27.6 Å². The van der Waals surface area contributed by atoms with Crippen LogP contribution in [0.1, 0.15) is 98.2 Å². The van der Waals surface area contributed by atoms with E-state index in [1.807, 2.05) is 36.4 Å². The standard InChI is InChI=1S/C51H68N4O8SSi/c1-11-19-42(48(57)53-37(4)47(56)52-33-38-26-28-41(29-27-38)50(59)62-34-39-20-14-12-15-21-39)32-46(63-65(9,10)51(5,6)7)45(30-36(2)3)54-49(58)43-24-18-25-44(31-43)55(8)64(60,61)35-40-22-16-13-17-23-40/h11-18,20-29,31,36-37,42,45-46H,1,19,30,32-35H2,2-10H3,(H,52,56)(H,53,57)(H,54,58)/t37-,42+,45-,46-/m0/s1. The molecule has 65 heavy (non-hydrogen) atoms. The van der Waals surface area contributed by atoms with Crippen LogP contribution in [-0.2, 0) is 47.7 Å². The summed E-state index contributed by atoms with van der Waals surface area (Å²) in [6.45, 7) is 20.6. The molecule has 0 heterocycles. The third kappa shape index (κ3) is 15.8. The lowest BCUT2D eigenvalue weighted by atomic mass is 9.89. The fourth-order valence-electron chi connectivity index (χ4n) is 6.89. The molecule has 350 valence electrons. The molecule has 4 rings (SSSR count). The molecule has 4 atom stereocenters. The fourth-order valence-corrected chi connectivity index (χ4v) is 9.51. The number of carbonyl (C=O) groups excluding carboxylic acids is 4. The molecule has 0 fully saturated rings. The van der Waals surface area contributed by atoms with E-state index >= 15 is 0 Å². The minimum atomic E-state index is -3.76. The van der Waals surface area contributed by atoms with E-state index in [2.05, 4.69) is 70.2 Å². The summed E-state index contributed by atoms with van der Waals surface area (Å²) in [5.41, 5.74) is 3.31. The number of allylic oxidation sites excluding steroid dienone is 1. The number of rotatable bonds is 23. The molecule has 0 unspecified atom stereocenters. The predicted molar refractivity (Wildman–Crippen MR) is 261 cm³/mol. The summed E-state index contributed by atoms with van der Waals surface area (Å²) in [5, 5.41) is 8.80. The van der Waals surface area contributed by atoms with Crippen molar-refractivity contribution in [3.05, 3.63) is 150 Å². The summed E-state index contributed by atoms with van der Waals surface area (Å²) in [4.78, 5) is 54.2. The van der Waals surface area contributed by atoms with Gasteiger partial charge in [0.25, 0.3) is 5.91 Å². The molecule has 4 aromatic carbocycles. The summed E-state index contributed by atoms with van der Waals surface area (Å²) in [7, 11) is -4.80. The van der Waals surface area contributed by atoms with Crippen molar-refractivity contribution < 1.29 is 36.8 Å². The number of amides is 3. The summed E-state index contributed by atoms with van der Waals surface area (Å²) >= 11 is 0. The summed E-state index contributed by atoms with van der Waals surface area (Å²) in [6, 6.07) is 30.2. The number of sulfonamides is 1. The fraction of sp³-hybridized carbons (Fsp3) is 0.412. The molecule has 4 aromatic rings. The van der Waals surface area contributed by atoms with E-state index in [-0.39, 0.29) is 53.7 Å². The molecule has 0 bridgehead atoms. The van der Waals surface area contributed by atoms with Crippen LogP contribution in [0.5, 0.6) is 0 Å². The van der Waals surface area contributed by atoms with E-state index in [1.54, 1.807) is 85.8 Å². The molecular formula is C51H68N4O8SSi. The number of ether oxygens (including phenoxy) is 1. The molecule has 0 saturated carbocycles. The van der Waals surface area contributed by atoms with Crippen molar-refractivity contribution in [2.75, 3.05) is 11.4 Å². The Hall–Kier alpha value is -5.57. The molecular weight excluding hydrogens is 857 g/mol. The molecule has 0 radical (unpaired) electrons. The number of carbonyl (C=O) groups is 4. The van der Waals surface area contributed by atoms with Crippen molar-refractivity contribution in [1.82, 2.24) is 16.0 Å². The van der Waals surface area contributed by atoms with Gasteiger partial charge in [-0.2, -0.15) is 0 Å². The number of nitrogens with one attached hydrogen (secondary N) is 3. The second-order valence-corrected chi connectivity index (χ2v) is 25.3. The highest BCUT2D eigenvalue weighted by Crippen LogP contribution is 2.39. The van der Waals surface area contributed by atoms with Gasteiger partial charge in [-0.25, -0.2) is 13.2 Å².